The van der Waals surface area contributed by atoms with Crippen molar-refractivity contribution >= 4 is 0 Å². The van der Waals surface area contributed by atoms with Crippen molar-refractivity contribution in [2.45, 2.75) is 67.5 Å². The molecule has 9 N–H and O–H groups in total. The van der Waals surface area contributed by atoms with Crippen LogP contribution in [0.15, 0.2) is 24.5 Å². The Balaban J connectivity index is 1.65. The van der Waals surface area contributed by atoms with E-state index in [0.29, 0.717) is 5.56 Å². The third kappa shape index (κ3) is 5.41. The van der Waals surface area contributed by atoms with Crippen LogP contribution in [0.1, 0.15) is 11.7 Å². The fraction of sp³-hybridized carbons (Fsp3) is 0.737. The molecule has 13 heteroatoms. The van der Waals surface area contributed by atoms with E-state index in [1.165, 1.54) is 12.4 Å². The van der Waals surface area contributed by atoms with E-state index < -0.39 is 80.7 Å². The summed E-state index contributed by atoms with van der Waals surface area (Å²) in [6.45, 7) is -1.05. The zero-order valence-corrected chi connectivity index (χ0v) is 17.1. The maximum atomic E-state index is 10.3. The van der Waals surface area contributed by atoms with Crippen LogP contribution in [0.5, 0.6) is 0 Å². The topological polar surface area (TPSA) is 217 Å². The molecule has 32 heavy (non-hydrogen) atoms. The first kappa shape index (κ1) is 25.3. The SMILES string of the molecule is NCC(O[C@@H]1O[C@H](CO[C@@H]2O[C@H](CO)[C@@H](O)[C@H](O)[C@H]2O)[C@@H](O)[C@H](O)[C@H]1O)c1ccncc1. The van der Waals surface area contributed by atoms with Crippen LogP contribution in [-0.2, 0) is 18.9 Å². The first-order valence-electron chi connectivity index (χ1n) is 10.2. The molecule has 13 nitrogen and oxygen atoms in total. The quantitative estimate of drug-likeness (QED) is 0.184. The lowest BCUT2D eigenvalue weighted by Gasteiger charge is -2.43. The molecule has 2 aliphatic rings. The zero-order valence-electron chi connectivity index (χ0n) is 17.1. The largest absolute Gasteiger partial charge is 0.394 e. The van der Waals surface area contributed by atoms with Gasteiger partial charge < -0.3 is 60.4 Å². The molecule has 182 valence electrons. The van der Waals surface area contributed by atoms with E-state index in [4.69, 9.17) is 24.7 Å². The summed E-state index contributed by atoms with van der Waals surface area (Å²) in [5.41, 5.74) is 6.42. The van der Waals surface area contributed by atoms with Crippen molar-refractivity contribution in [3.63, 3.8) is 0 Å². The summed E-state index contributed by atoms with van der Waals surface area (Å²) in [5, 5.41) is 69.8. The van der Waals surface area contributed by atoms with Gasteiger partial charge in [0.05, 0.1) is 19.3 Å². The van der Waals surface area contributed by atoms with Crippen molar-refractivity contribution in [1.82, 2.24) is 4.98 Å². The van der Waals surface area contributed by atoms with Gasteiger partial charge in [0.25, 0.3) is 0 Å². The second-order valence-corrected chi connectivity index (χ2v) is 7.69. The minimum atomic E-state index is -1.65. The van der Waals surface area contributed by atoms with Crippen LogP contribution >= 0.6 is 0 Å². The van der Waals surface area contributed by atoms with Crippen LogP contribution in [0.3, 0.4) is 0 Å². The van der Waals surface area contributed by atoms with Crippen molar-refractivity contribution in [3.05, 3.63) is 30.1 Å². The predicted molar refractivity (Wildman–Crippen MR) is 104 cm³/mol. The molecule has 3 heterocycles. The number of nitrogens with two attached hydrogens (primary N) is 1. The maximum absolute atomic E-state index is 10.3. The molecule has 0 radical (unpaired) electrons. The lowest BCUT2D eigenvalue weighted by atomic mass is 9.98. The summed E-state index contributed by atoms with van der Waals surface area (Å²) in [7, 11) is 0. The fourth-order valence-corrected chi connectivity index (χ4v) is 3.57. The van der Waals surface area contributed by atoms with Gasteiger partial charge in [-0.3, -0.25) is 4.98 Å². The minimum Gasteiger partial charge on any atom is -0.394 e. The van der Waals surface area contributed by atoms with Crippen LogP contribution in [-0.4, -0.2) is 122 Å². The number of hydrogen-bond donors (Lipinski definition) is 8. The Kier molecular flexibility index (Phi) is 8.85. The molecule has 0 spiro atoms. The molecule has 1 aromatic heterocycles. The highest BCUT2D eigenvalue weighted by Crippen LogP contribution is 2.28. The molecular formula is C19H30N2O11. The standard InChI is InChI=1S/C19H30N2O11/c20-5-9(8-1-3-21-4-2-8)30-19-17(28)15(26)13(24)11(32-19)7-29-18-16(27)14(25)12(23)10(6-22)31-18/h1-4,9-19,22-28H,5-7,20H2/t9?,10-,11-,12-,13-,14+,15+,16-,17-,18-,19-/m1/s1. The van der Waals surface area contributed by atoms with Gasteiger partial charge in [-0.25, -0.2) is 0 Å². The van der Waals surface area contributed by atoms with Gasteiger partial charge in [0.15, 0.2) is 12.6 Å². The first-order chi connectivity index (χ1) is 15.3. The van der Waals surface area contributed by atoms with Gasteiger partial charge >= 0.3 is 0 Å². The van der Waals surface area contributed by atoms with Crippen LogP contribution in [0.25, 0.3) is 0 Å². The molecule has 0 amide bonds. The van der Waals surface area contributed by atoms with Gasteiger partial charge in [-0.05, 0) is 17.7 Å². The van der Waals surface area contributed by atoms with Gasteiger partial charge in [0.2, 0.25) is 0 Å². The number of nitrogens with zero attached hydrogens (tertiary/aromatic N) is 1. The predicted octanol–water partition coefficient (Wildman–Crippen LogP) is -4.28. The van der Waals surface area contributed by atoms with Crippen molar-refractivity contribution in [2.24, 2.45) is 5.73 Å². The highest BCUT2D eigenvalue weighted by molar-refractivity contribution is 5.13. The van der Waals surface area contributed by atoms with Gasteiger partial charge in [-0.15, -0.1) is 0 Å². The van der Waals surface area contributed by atoms with Crippen LogP contribution in [0.4, 0.5) is 0 Å². The fourth-order valence-electron chi connectivity index (χ4n) is 3.57. The number of pyridine rings is 1. The number of aliphatic hydroxyl groups is 7. The molecule has 1 aromatic rings. The van der Waals surface area contributed by atoms with Crippen LogP contribution in [0.2, 0.25) is 0 Å². The summed E-state index contributed by atoms with van der Waals surface area (Å²) in [4.78, 5) is 3.91. The molecule has 2 saturated heterocycles. The summed E-state index contributed by atoms with van der Waals surface area (Å²) >= 11 is 0. The monoisotopic (exact) mass is 462 g/mol. The van der Waals surface area contributed by atoms with Crippen molar-refractivity contribution < 1.29 is 54.7 Å². The third-order valence-corrected chi connectivity index (χ3v) is 5.53. The molecule has 2 fully saturated rings. The van der Waals surface area contributed by atoms with E-state index in [1.807, 2.05) is 0 Å². The molecule has 3 rings (SSSR count). The van der Waals surface area contributed by atoms with Crippen LogP contribution < -0.4 is 5.73 Å². The smallest absolute Gasteiger partial charge is 0.187 e. The lowest BCUT2D eigenvalue weighted by molar-refractivity contribution is -0.335. The number of ether oxygens (including phenoxy) is 4. The highest BCUT2D eigenvalue weighted by atomic mass is 16.7. The number of rotatable bonds is 8. The van der Waals surface area contributed by atoms with Crippen molar-refractivity contribution in [1.29, 1.82) is 0 Å². The molecule has 0 aliphatic carbocycles. The number of aliphatic hydroxyl groups excluding tert-OH is 7. The molecule has 0 saturated carbocycles. The van der Waals surface area contributed by atoms with E-state index in [1.54, 1.807) is 12.1 Å². The number of aromatic nitrogens is 1. The van der Waals surface area contributed by atoms with E-state index in [-0.39, 0.29) is 6.54 Å². The zero-order chi connectivity index (χ0) is 23.4. The second kappa shape index (κ2) is 11.2. The Labute approximate surface area is 183 Å². The minimum absolute atomic E-state index is 0.0290. The van der Waals surface area contributed by atoms with Crippen molar-refractivity contribution in [2.75, 3.05) is 19.8 Å². The van der Waals surface area contributed by atoms with E-state index in [2.05, 4.69) is 4.98 Å². The molecular weight excluding hydrogens is 432 g/mol. The first-order valence-corrected chi connectivity index (χ1v) is 10.2. The molecule has 1 unspecified atom stereocenters. The highest BCUT2D eigenvalue weighted by Gasteiger charge is 2.47. The molecule has 2 aliphatic heterocycles. The summed E-state index contributed by atoms with van der Waals surface area (Å²) in [5.74, 6) is 0. The van der Waals surface area contributed by atoms with E-state index in [0.717, 1.165) is 0 Å². The maximum Gasteiger partial charge on any atom is 0.187 e. The van der Waals surface area contributed by atoms with Gasteiger partial charge in [-0.1, -0.05) is 0 Å². The van der Waals surface area contributed by atoms with Gasteiger partial charge in [-0.2, -0.15) is 0 Å². The Hall–Kier alpha value is -1.33. The Bertz CT molecular complexity index is 699. The average molecular weight is 462 g/mol. The van der Waals surface area contributed by atoms with Gasteiger partial charge in [0, 0.05) is 18.9 Å². The lowest BCUT2D eigenvalue weighted by Crippen LogP contribution is -2.61. The summed E-state index contributed by atoms with van der Waals surface area (Å²) in [6.07, 6.45) is -12.5. The van der Waals surface area contributed by atoms with Gasteiger partial charge in [0.1, 0.15) is 48.8 Å². The normalized spacial score (nSPS) is 41.4. The molecule has 0 aromatic carbocycles. The summed E-state index contributed by atoms with van der Waals surface area (Å²) < 4.78 is 21.9. The van der Waals surface area contributed by atoms with E-state index >= 15 is 0 Å². The average Bonchev–Trinajstić information content (AvgIpc) is 2.81. The Morgan fingerprint density at radius 2 is 1.41 bits per heavy atom. The third-order valence-electron chi connectivity index (χ3n) is 5.53. The van der Waals surface area contributed by atoms with E-state index in [9.17, 15) is 35.7 Å². The number of hydrogen-bond acceptors (Lipinski definition) is 13. The Morgan fingerprint density at radius 1 is 0.844 bits per heavy atom. The molecule has 0 bridgehead atoms. The summed E-state index contributed by atoms with van der Waals surface area (Å²) in [6, 6.07) is 3.33. The van der Waals surface area contributed by atoms with Crippen LogP contribution in [0, 0.1) is 0 Å². The second-order valence-electron chi connectivity index (χ2n) is 7.69. The molecule has 11 atom stereocenters. The Morgan fingerprint density at radius 3 is 2.00 bits per heavy atom. The van der Waals surface area contributed by atoms with Crippen molar-refractivity contribution in [3.8, 4) is 0 Å².